The first-order chi connectivity index (χ1) is 13.2. The lowest BCUT2D eigenvalue weighted by atomic mass is 10.3. The molecule has 7 nitrogen and oxygen atoms in total. The summed E-state index contributed by atoms with van der Waals surface area (Å²) in [5, 5.41) is 2.76. The number of hydrogen-bond donors (Lipinski definition) is 2. The second-order valence-corrected chi connectivity index (χ2v) is 6.14. The van der Waals surface area contributed by atoms with Gasteiger partial charge in [-0.25, -0.2) is 0 Å². The third-order valence-corrected chi connectivity index (χ3v) is 4.12. The molecule has 3 N–H and O–H groups in total. The van der Waals surface area contributed by atoms with E-state index < -0.39 is 0 Å². The van der Waals surface area contributed by atoms with Crippen LogP contribution >= 0.6 is 0 Å². The van der Waals surface area contributed by atoms with Gasteiger partial charge in [-0.3, -0.25) is 9.59 Å². The average molecular weight is 369 g/mol. The van der Waals surface area contributed by atoms with Crippen molar-refractivity contribution in [3.8, 4) is 11.5 Å². The van der Waals surface area contributed by atoms with Crippen LogP contribution in [-0.4, -0.2) is 38.1 Å². The number of nitrogens with two attached hydrogens (primary N) is 1. The fourth-order valence-electron chi connectivity index (χ4n) is 2.80. The van der Waals surface area contributed by atoms with Crippen LogP contribution in [0.3, 0.4) is 0 Å². The highest BCUT2D eigenvalue weighted by Crippen LogP contribution is 2.24. The highest BCUT2D eigenvalue weighted by Gasteiger charge is 2.21. The van der Waals surface area contributed by atoms with E-state index in [1.165, 1.54) is 0 Å². The van der Waals surface area contributed by atoms with Gasteiger partial charge in [0, 0.05) is 30.9 Å². The van der Waals surface area contributed by atoms with Crippen LogP contribution in [0.4, 0.5) is 11.4 Å². The molecule has 0 radical (unpaired) electrons. The summed E-state index contributed by atoms with van der Waals surface area (Å²) in [5.41, 5.74) is 6.90. The molecule has 0 aliphatic carbocycles. The molecule has 2 amide bonds. The summed E-state index contributed by atoms with van der Waals surface area (Å²) in [5.74, 6) is 1.16. The molecular weight excluding hydrogens is 346 g/mol. The maximum absolute atomic E-state index is 12.0. The Morgan fingerprint density at radius 2 is 1.70 bits per heavy atom. The number of ether oxygens (including phenoxy) is 2. The van der Waals surface area contributed by atoms with Gasteiger partial charge in [-0.15, -0.1) is 0 Å². The molecule has 0 bridgehead atoms. The van der Waals surface area contributed by atoms with Crippen LogP contribution in [0, 0.1) is 0 Å². The van der Waals surface area contributed by atoms with Gasteiger partial charge in [0.05, 0.1) is 0 Å². The summed E-state index contributed by atoms with van der Waals surface area (Å²) in [6, 6.07) is 14.2. The maximum Gasteiger partial charge on any atom is 0.262 e. The number of carbonyl (C=O) groups is 2. The Morgan fingerprint density at radius 3 is 2.33 bits per heavy atom. The van der Waals surface area contributed by atoms with Crippen LogP contribution in [-0.2, 0) is 9.59 Å². The zero-order valence-corrected chi connectivity index (χ0v) is 15.0. The molecule has 1 aliphatic rings. The van der Waals surface area contributed by atoms with Crippen molar-refractivity contribution >= 4 is 23.2 Å². The van der Waals surface area contributed by atoms with Crippen molar-refractivity contribution < 1.29 is 19.1 Å². The third kappa shape index (κ3) is 5.21. The lowest BCUT2D eigenvalue weighted by Crippen LogP contribution is -2.23. The molecule has 1 heterocycles. The number of amides is 2. The Balaban J connectivity index is 1.46. The van der Waals surface area contributed by atoms with Crippen LogP contribution in [0.15, 0.2) is 48.5 Å². The molecular formula is C20H23N3O4. The van der Waals surface area contributed by atoms with Crippen molar-refractivity contribution in [3.63, 3.8) is 0 Å². The van der Waals surface area contributed by atoms with Crippen molar-refractivity contribution in [2.24, 2.45) is 5.73 Å². The quantitative estimate of drug-likeness (QED) is 0.744. The van der Waals surface area contributed by atoms with E-state index >= 15 is 0 Å². The predicted molar refractivity (Wildman–Crippen MR) is 103 cm³/mol. The number of benzene rings is 2. The van der Waals surface area contributed by atoms with Crippen molar-refractivity contribution in [1.29, 1.82) is 0 Å². The minimum Gasteiger partial charge on any atom is -0.492 e. The summed E-state index contributed by atoms with van der Waals surface area (Å²) in [6.45, 7) is 1.54. The molecule has 0 unspecified atom stereocenters. The summed E-state index contributed by atoms with van der Waals surface area (Å²) in [7, 11) is 0. The van der Waals surface area contributed by atoms with Crippen molar-refractivity contribution in [1.82, 2.24) is 0 Å². The Bertz CT molecular complexity index is 775. The maximum atomic E-state index is 12.0. The molecule has 1 aliphatic heterocycles. The monoisotopic (exact) mass is 369 g/mol. The predicted octanol–water partition coefficient (Wildman–Crippen LogP) is 2.17. The van der Waals surface area contributed by atoms with Gasteiger partial charge in [0.25, 0.3) is 5.91 Å². The molecule has 2 aromatic carbocycles. The van der Waals surface area contributed by atoms with E-state index in [1.807, 2.05) is 12.1 Å². The molecule has 27 heavy (non-hydrogen) atoms. The second-order valence-electron chi connectivity index (χ2n) is 6.14. The SMILES string of the molecule is NCCOc1ccc(NC(=O)COc2ccc(N3CCCC3=O)cc2)cc1. The van der Waals surface area contributed by atoms with Crippen LogP contribution in [0.1, 0.15) is 12.8 Å². The number of nitrogens with zero attached hydrogens (tertiary/aromatic N) is 1. The Hall–Kier alpha value is -3.06. The molecule has 0 atom stereocenters. The molecule has 0 spiro atoms. The first kappa shape index (κ1) is 18.7. The number of hydrogen-bond acceptors (Lipinski definition) is 5. The van der Waals surface area contributed by atoms with Gasteiger partial charge in [0.2, 0.25) is 5.91 Å². The molecule has 142 valence electrons. The van der Waals surface area contributed by atoms with Gasteiger partial charge in [0.15, 0.2) is 6.61 Å². The minimum absolute atomic E-state index is 0.104. The largest absolute Gasteiger partial charge is 0.492 e. The Morgan fingerprint density at radius 1 is 1.04 bits per heavy atom. The van der Waals surface area contributed by atoms with E-state index in [0.717, 1.165) is 18.7 Å². The second kappa shape index (κ2) is 9.05. The van der Waals surface area contributed by atoms with Gasteiger partial charge >= 0.3 is 0 Å². The van der Waals surface area contributed by atoms with Crippen molar-refractivity contribution in [3.05, 3.63) is 48.5 Å². The zero-order valence-electron chi connectivity index (χ0n) is 15.0. The minimum atomic E-state index is -0.260. The van der Waals surface area contributed by atoms with E-state index in [4.69, 9.17) is 15.2 Å². The molecule has 7 heteroatoms. The smallest absolute Gasteiger partial charge is 0.262 e. The molecule has 1 saturated heterocycles. The van der Waals surface area contributed by atoms with E-state index in [2.05, 4.69) is 5.32 Å². The molecule has 0 aromatic heterocycles. The van der Waals surface area contributed by atoms with Crippen LogP contribution in [0.2, 0.25) is 0 Å². The number of carbonyl (C=O) groups excluding carboxylic acids is 2. The van der Waals surface area contributed by atoms with Gasteiger partial charge < -0.3 is 25.4 Å². The summed E-state index contributed by atoms with van der Waals surface area (Å²) in [4.78, 5) is 25.5. The van der Waals surface area contributed by atoms with Crippen LogP contribution in [0.5, 0.6) is 11.5 Å². The fraction of sp³-hybridized carbons (Fsp3) is 0.300. The standard InChI is InChI=1S/C20H23N3O4/c21-11-13-26-17-7-3-15(4-8-17)22-19(24)14-27-18-9-5-16(6-10-18)23-12-1-2-20(23)25/h3-10H,1-2,11-14,21H2,(H,22,24). The lowest BCUT2D eigenvalue weighted by Gasteiger charge is -2.16. The summed E-state index contributed by atoms with van der Waals surface area (Å²) in [6.07, 6.45) is 1.48. The van der Waals surface area contributed by atoms with E-state index in [-0.39, 0.29) is 18.4 Å². The van der Waals surface area contributed by atoms with Crippen molar-refractivity contribution in [2.45, 2.75) is 12.8 Å². The highest BCUT2D eigenvalue weighted by molar-refractivity contribution is 5.95. The Labute approximate surface area is 158 Å². The summed E-state index contributed by atoms with van der Waals surface area (Å²) >= 11 is 0. The molecule has 2 aromatic rings. The Kier molecular flexibility index (Phi) is 6.27. The fourth-order valence-corrected chi connectivity index (χ4v) is 2.80. The third-order valence-electron chi connectivity index (χ3n) is 4.12. The lowest BCUT2D eigenvalue weighted by molar-refractivity contribution is -0.118. The molecule has 3 rings (SSSR count). The zero-order chi connectivity index (χ0) is 19.1. The van der Waals surface area contributed by atoms with Gasteiger partial charge in [-0.05, 0) is 55.0 Å². The number of rotatable bonds is 8. The molecule has 1 fully saturated rings. The van der Waals surface area contributed by atoms with E-state index in [9.17, 15) is 9.59 Å². The van der Waals surface area contributed by atoms with Gasteiger partial charge in [-0.2, -0.15) is 0 Å². The number of nitrogens with one attached hydrogen (secondary N) is 1. The van der Waals surface area contributed by atoms with Crippen LogP contribution < -0.4 is 25.4 Å². The summed E-state index contributed by atoms with van der Waals surface area (Å²) < 4.78 is 10.9. The number of anilines is 2. The normalized spacial score (nSPS) is 13.5. The highest BCUT2D eigenvalue weighted by atomic mass is 16.5. The first-order valence-corrected chi connectivity index (χ1v) is 8.92. The average Bonchev–Trinajstić information content (AvgIpc) is 3.12. The molecule has 0 saturated carbocycles. The van der Waals surface area contributed by atoms with Gasteiger partial charge in [-0.1, -0.05) is 0 Å². The van der Waals surface area contributed by atoms with E-state index in [0.29, 0.717) is 36.8 Å². The van der Waals surface area contributed by atoms with E-state index in [1.54, 1.807) is 41.3 Å². The van der Waals surface area contributed by atoms with Crippen LogP contribution in [0.25, 0.3) is 0 Å². The first-order valence-electron chi connectivity index (χ1n) is 8.92. The van der Waals surface area contributed by atoms with Gasteiger partial charge in [0.1, 0.15) is 18.1 Å². The topological polar surface area (TPSA) is 93.9 Å². The van der Waals surface area contributed by atoms with Crippen molar-refractivity contribution in [2.75, 3.05) is 36.5 Å².